The molecule has 1 aromatic rings. The van der Waals surface area contributed by atoms with Crippen molar-refractivity contribution in [3.8, 4) is 5.75 Å². The predicted molar refractivity (Wildman–Crippen MR) is 79.7 cm³/mol. The topological polar surface area (TPSA) is 64.3 Å². The molecule has 4 nitrogen and oxygen atoms in total. The molecule has 5 heteroatoms. The molecule has 0 spiro atoms. The van der Waals surface area contributed by atoms with Gasteiger partial charge in [0.15, 0.2) is 0 Å². The highest BCUT2D eigenvalue weighted by Crippen LogP contribution is 2.12. The molecule has 3 N–H and O–H groups in total. The summed E-state index contributed by atoms with van der Waals surface area (Å²) < 4.78 is 5.62. The molecule has 0 aliphatic rings. The Morgan fingerprint density at radius 1 is 1.42 bits per heavy atom. The molecule has 0 radical (unpaired) electrons. The van der Waals surface area contributed by atoms with Crippen molar-refractivity contribution in [1.82, 2.24) is 5.32 Å². The van der Waals surface area contributed by atoms with Crippen molar-refractivity contribution in [3.63, 3.8) is 0 Å². The van der Waals surface area contributed by atoms with E-state index < -0.39 is 0 Å². The first-order valence-electron chi connectivity index (χ1n) is 6.23. The summed E-state index contributed by atoms with van der Waals surface area (Å²) >= 11 is 0. The van der Waals surface area contributed by atoms with E-state index in [1.54, 1.807) is 0 Å². The molecule has 1 amide bonds. The van der Waals surface area contributed by atoms with Gasteiger partial charge in [-0.1, -0.05) is 19.1 Å². The number of rotatable bonds is 6. The summed E-state index contributed by atoms with van der Waals surface area (Å²) in [7, 11) is 0. The smallest absolute Gasteiger partial charge is 0.224 e. The molecule has 0 aliphatic heterocycles. The normalized spacial score (nSPS) is 13.1. The van der Waals surface area contributed by atoms with E-state index in [0.29, 0.717) is 13.2 Å². The second-order valence-corrected chi connectivity index (χ2v) is 4.67. The summed E-state index contributed by atoms with van der Waals surface area (Å²) in [4.78, 5) is 11.6. The van der Waals surface area contributed by atoms with Crippen LogP contribution in [0.4, 0.5) is 0 Å². The van der Waals surface area contributed by atoms with Gasteiger partial charge >= 0.3 is 0 Å². The van der Waals surface area contributed by atoms with E-state index >= 15 is 0 Å². The fraction of sp³-hybridized carbons (Fsp3) is 0.500. The molecule has 108 valence electrons. The molecule has 0 heterocycles. The molecule has 0 saturated carbocycles. The Labute approximate surface area is 121 Å². The zero-order chi connectivity index (χ0) is 13.5. The van der Waals surface area contributed by atoms with Crippen molar-refractivity contribution in [1.29, 1.82) is 0 Å². The van der Waals surface area contributed by atoms with Gasteiger partial charge in [-0.05, 0) is 31.5 Å². The Balaban J connectivity index is 0.00000324. The van der Waals surface area contributed by atoms with Crippen LogP contribution in [-0.4, -0.2) is 25.1 Å². The quantitative estimate of drug-likeness (QED) is 0.839. The van der Waals surface area contributed by atoms with E-state index in [1.807, 2.05) is 45.0 Å². The number of carbonyl (C=O) groups excluding carboxylic acids is 1. The maximum absolute atomic E-state index is 11.6. The van der Waals surface area contributed by atoms with Gasteiger partial charge in [-0.3, -0.25) is 4.79 Å². The first-order valence-corrected chi connectivity index (χ1v) is 6.23. The lowest BCUT2D eigenvalue weighted by Crippen LogP contribution is -2.41. The van der Waals surface area contributed by atoms with Crippen molar-refractivity contribution < 1.29 is 9.53 Å². The number of nitrogens with one attached hydrogen (secondary N) is 1. The van der Waals surface area contributed by atoms with Crippen LogP contribution in [0, 0.1) is 12.8 Å². The zero-order valence-corrected chi connectivity index (χ0v) is 12.5. The number of hydrogen-bond donors (Lipinski definition) is 2. The van der Waals surface area contributed by atoms with Gasteiger partial charge < -0.3 is 15.8 Å². The molecule has 0 aliphatic carbocycles. The van der Waals surface area contributed by atoms with Crippen molar-refractivity contribution in [2.24, 2.45) is 11.7 Å². The second kappa shape index (κ2) is 8.77. The molecule has 2 atom stereocenters. The first kappa shape index (κ1) is 17.7. The molecule has 0 saturated heterocycles. The molecular formula is C14H23ClN2O2. The lowest BCUT2D eigenvalue weighted by atomic mass is 10.1. The molecule has 19 heavy (non-hydrogen) atoms. The van der Waals surface area contributed by atoms with Crippen molar-refractivity contribution in [3.05, 3.63) is 29.8 Å². The van der Waals surface area contributed by atoms with E-state index in [0.717, 1.165) is 11.3 Å². The summed E-state index contributed by atoms with van der Waals surface area (Å²) in [6, 6.07) is 7.80. The highest BCUT2D eigenvalue weighted by atomic mass is 35.5. The van der Waals surface area contributed by atoms with E-state index in [2.05, 4.69) is 5.32 Å². The van der Waals surface area contributed by atoms with Crippen molar-refractivity contribution >= 4 is 18.3 Å². The Hall–Kier alpha value is -1.26. The lowest BCUT2D eigenvalue weighted by Gasteiger charge is -2.17. The van der Waals surface area contributed by atoms with E-state index in [9.17, 15) is 4.79 Å². The Morgan fingerprint density at radius 3 is 2.68 bits per heavy atom. The number of benzene rings is 1. The average molecular weight is 287 g/mol. The second-order valence-electron chi connectivity index (χ2n) is 4.67. The fourth-order valence-corrected chi connectivity index (χ4v) is 1.46. The average Bonchev–Trinajstić information content (AvgIpc) is 2.35. The molecular weight excluding hydrogens is 264 g/mol. The van der Waals surface area contributed by atoms with Crippen LogP contribution in [0.15, 0.2) is 24.3 Å². The van der Waals surface area contributed by atoms with Crippen molar-refractivity contribution in [2.75, 3.05) is 13.2 Å². The third-order valence-electron chi connectivity index (χ3n) is 2.68. The zero-order valence-electron chi connectivity index (χ0n) is 11.7. The molecule has 1 aromatic carbocycles. The number of carbonyl (C=O) groups is 1. The van der Waals surface area contributed by atoms with Gasteiger partial charge in [0.1, 0.15) is 12.4 Å². The van der Waals surface area contributed by atoms with Gasteiger partial charge in [-0.2, -0.15) is 0 Å². The van der Waals surface area contributed by atoms with Crippen LogP contribution >= 0.6 is 12.4 Å². The van der Waals surface area contributed by atoms with Crippen LogP contribution in [0.1, 0.15) is 19.4 Å². The highest BCUT2D eigenvalue weighted by Gasteiger charge is 2.13. The van der Waals surface area contributed by atoms with Crippen LogP contribution in [0.5, 0.6) is 5.75 Å². The molecule has 0 fully saturated rings. The van der Waals surface area contributed by atoms with Crippen LogP contribution in [0.2, 0.25) is 0 Å². The summed E-state index contributed by atoms with van der Waals surface area (Å²) in [5.41, 5.74) is 6.59. The lowest BCUT2D eigenvalue weighted by molar-refractivity contribution is -0.125. The van der Waals surface area contributed by atoms with E-state index in [4.69, 9.17) is 10.5 Å². The minimum Gasteiger partial charge on any atom is -0.491 e. The minimum atomic E-state index is -0.161. The monoisotopic (exact) mass is 286 g/mol. The summed E-state index contributed by atoms with van der Waals surface area (Å²) in [5, 5.41) is 2.87. The largest absolute Gasteiger partial charge is 0.491 e. The number of ether oxygens (including phenoxy) is 1. The van der Waals surface area contributed by atoms with Gasteiger partial charge in [0.25, 0.3) is 0 Å². The van der Waals surface area contributed by atoms with Crippen molar-refractivity contribution in [2.45, 2.75) is 26.8 Å². The Bertz CT molecular complexity index is 399. The summed E-state index contributed by atoms with van der Waals surface area (Å²) in [6.07, 6.45) is 0. The highest BCUT2D eigenvalue weighted by molar-refractivity contribution is 5.85. The third-order valence-corrected chi connectivity index (χ3v) is 2.68. The standard InChI is InChI=1S/C14H22N2O2.ClH/c1-10-5-4-6-13(7-10)18-9-12(3)16-14(17)11(2)8-15;/h4-7,11-12H,8-9,15H2,1-3H3,(H,16,17);1H. The Morgan fingerprint density at radius 2 is 2.11 bits per heavy atom. The number of nitrogens with two attached hydrogens (primary N) is 1. The number of aryl methyl sites for hydroxylation is 1. The van der Waals surface area contributed by atoms with Crippen LogP contribution in [0.25, 0.3) is 0 Å². The van der Waals surface area contributed by atoms with Gasteiger partial charge in [-0.25, -0.2) is 0 Å². The van der Waals surface area contributed by atoms with Crippen LogP contribution in [0.3, 0.4) is 0 Å². The third kappa shape index (κ3) is 6.45. The number of hydrogen-bond acceptors (Lipinski definition) is 3. The Kier molecular flexibility index (Phi) is 8.19. The number of halogens is 1. The SMILES string of the molecule is Cc1cccc(OCC(C)NC(=O)C(C)CN)c1.Cl. The van der Waals surface area contributed by atoms with Crippen LogP contribution in [-0.2, 0) is 4.79 Å². The molecule has 0 aromatic heterocycles. The van der Waals surface area contributed by atoms with Gasteiger partial charge in [-0.15, -0.1) is 12.4 Å². The molecule has 2 unspecified atom stereocenters. The van der Waals surface area contributed by atoms with E-state index in [1.165, 1.54) is 0 Å². The van der Waals surface area contributed by atoms with Gasteiger partial charge in [0, 0.05) is 12.5 Å². The van der Waals surface area contributed by atoms with Crippen LogP contribution < -0.4 is 15.8 Å². The maximum Gasteiger partial charge on any atom is 0.224 e. The number of amides is 1. The van der Waals surface area contributed by atoms with Gasteiger partial charge in [0.05, 0.1) is 6.04 Å². The fourth-order valence-electron chi connectivity index (χ4n) is 1.46. The molecule has 0 bridgehead atoms. The predicted octanol–water partition coefficient (Wildman–Crippen LogP) is 1.90. The summed E-state index contributed by atoms with van der Waals surface area (Å²) in [6.45, 7) is 6.55. The minimum absolute atomic E-state index is 0. The maximum atomic E-state index is 11.6. The first-order chi connectivity index (χ1) is 8.52. The van der Waals surface area contributed by atoms with E-state index in [-0.39, 0.29) is 30.3 Å². The van der Waals surface area contributed by atoms with Gasteiger partial charge in [0.2, 0.25) is 5.91 Å². The summed E-state index contributed by atoms with van der Waals surface area (Å²) in [5.74, 6) is 0.632. The molecule has 1 rings (SSSR count).